The molecule has 2 amide bonds. The van der Waals surface area contributed by atoms with Crippen LogP contribution in [0.2, 0.25) is 0 Å². The van der Waals surface area contributed by atoms with Crippen LogP contribution in [0.25, 0.3) is 0 Å². The lowest BCUT2D eigenvalue weighted by Gasteiger charge is -2.36. The standard InChI is InChI=1S/C19H25N3O4S/c1-2-12-26-17(24)13-15-18(25)20-10-11-22(15)19(27)21-16(23)9-8-14-6-4-3-5-7-14/h3-7,15H,2,8-13H2,1H3,(H,20,25)(H,21,23,27). The number of piperazine rings is 1. The van der Waals surface area contributed by atoms with E-state index >= 15 is 0 Å². The van der Waals surface area contributed by atoms with E-state index in [2.05, 4.69) is 10.6 Å². The van der Waals surface area contributed by atoms with Gasteiger partial charge in [0.25, 0.3) is 0 Å². The molecule has 0 spiro atoms. The molecule has 146 valence electrons. The predicted molar refractivity (Wildman–Crippen MR) is 105 cm³/mol. The Morgan fingerprint density at radius 2 is 2.07 bits per heavy atom. The first-order valence-corrected chi connectivity index (χ1v) is 9.49. The zero-order valence-corrected chi connectivity index (χ0v) is 16.2. The van der Waals surface area contributed by atoms with Crippen LogP contribution >= 0.6 is 12.2 Å². The van der Waals surface area contributed by atoms with Gasteiger partial charge in [-0.3, -0.25) is 14.4 Å². The smallest absolute Gasteiger partial charge is 0.308 e. The van der Waals surface area contributed by atoms with Gasteiger partial charge in [-0.1, -0.05) is 37.3 Å². The van der Waals surface area contributed by atoms with E-state index in [1.165, 1.54) is 0 Å². The van der Waals surface area contributed by atoms with E-state index in [0.717, 1.165) is 5.56 Å². The first kappa shape index (κ1) is 20.8. The SMILES string of the molecule is CCCOC(=O)CC1C(=O)NCCN1C(=S)NC(=O)CCc1ccccc1. The van der Waals surface area contributed by atoms with Crippen LogP contribution in [0.3, 0.4) is 0 Å². The Labute approximate surface area is 164 Å². The molecule has 7 nitrogen and oxygen atoms in total. The van der Waals surface area contributed by atoms with E-state index in [1.54, 1.807) is 4.90 Å². The maximum Gasteiger partial charge on any atom is 0.308 e. The third-order valence-electron chi connectivity index (χ3n) is 4.15. The molecule has 1 fully saturated rings. The summed E-state index contributed by atoms with van der Waals surface area (Å²) < 4.78 is 5.06. The van der Waals surface area contributed by atoms with Crippen LogP contribution in [0.4, 0.5) is 0 Å². The Bertz CT molecular complexity index is 681. The van der Waals surface area contributed by atoms with Crippen molar-refractivity contribution in [3.05, 3.63) is 35.9 Å². The topological polar surface area (TPSA) is 87.7 Å². The lowest BCUT2D eigenvalue weighted by Crippen LogP contribution is -2.60. The van der Waals surface area contributed by atoms with Gasteiger partial charge in [0.15, 0.2) is 5.11 Å². The fourth-order valence-corrected chi connectivity index (χ4v) is 3.08. The van der Waals surface area contributed by atoms with Gasteiger partial charge < -0.3 is 20.3 Å². The second kappa shape index (κ2) is 10.6. The fourth-order valence-electron chi connectivity index (χ4n) is 2.75. The summed E-state index contributed by atoms with van der Waals surface area (Å²) in [6, 6.07) is 8.91. The lowest BCUT2D eigenvalue weighted by molar-refractivity contribution is -0.147. The second-order valence-corrected chi connectivity index (χ2v) is 6.65. The number of amides is 2. The molecule has 2 N–H and O–H groups in total. The molecule has 1 aliphatic heterocycles. The van der Waals surface area contributed by atoms with E-state index in [4.69, 9.17) is 17.0 Å². The number of hydrogen-bond donors (Lipinski definition) is 2. The summed E-state index contributed by atoms with van der Waals surface area (Å²) >= 11 is 5.31. The quantitative estimate of drug-likeness (QED) is 0.536. The van der Waals surface area contributed by atoms with Crippen molar-refractivity contribution in [3.8, 4) is 0 Å². The highest BCUT2D eigenvalue weighted by Crippen LogP contribution is 2.11. The minimum Gasteiger partial charge on any atom is -0.466 e. The second-order valence-electron chi connectivity index (χ2n) is 6.26. The van der Waals surface area contributed by atoms with Crippen LogP contribution in [-0.2, 0) is 25.5 Å². The number of benzene rings is 1. The van der Waals surface area contributed by atoms with Gasteiger partial charge in [0.05, 0.1) is 13.0 Å². The van der Waals surface area contributed by atoms with Crippen molar-refractivity contribution in [2.24, 2.45) is 0 Å². The number of nitrogens with one attached hydrogen (secondary N) is 2. The number of rotatable bonds is 7. The summed E-state index contributed by atoms with van der Waals surface area (Å²) in [7, 11) is 0. The van der Waals surface area contributed by atoms with Gasteiger partial charge in [-0.15, -0.1) is 0 Å². The molecule has 1 atom stereocenters. The predicted octanol–water partition coefficient (Wildman–Crippen LogP) is 1.16. The average Bonchev–Trinajstić information content (AvgIpc) is 2.67. The van der Waals surface area contributed by atoms with Crippen LogP contribution in [0.15, 0.2) is 30.3 Å². The third-order valence-corrected chi connectivity index (χ3v) is 4.49. The normalized spacial score (nSPS) is 16.4. The highest BCUT2D eigenvalue weighted by Gasteiger charge is 2.34. The molecular weight excluding hydrogens is 366 g/mol. The molecule has 1 saturated heterocycles. The molecule has 27 heavy (non-hydrogen) atoms. The average molecular weight is 391 g/mol. The summed E-state index contributed by atoms with van der Waals surface area (Å²) in [4.78, 5) is 37.9. The van der Waals surface area contributed by atoms with Gasteiger partial charge in [0, 0.05) is 19.5 Å². The van der Waals surface area contributed by atoms with E-state index in [-0.39, 0.29) is 29.8 Å². The zero-order chi connectivity index (χ0) is 19.6. The van der Waals surface area contributed by atoms with Crippen molar-refractivity contribution in [2.75, 3.05) is 19.7 Å². The van der Waals surface area contributed by atoms with Crippen molar-refractivity contribution in [2.45, 2.75) is 38.6 Å². The van der Waals surface area contributed by atoms with Crippen LogP contribution in [0, 0.1) is 0 Å². The van der Waals surface area contributed by atoms with Crippen LogP contribution < -0.4 is 10.6 Å². The van der Waals surface area contributed by atoms with Crippen molar-refractivity contribution in [1.29, 1.82) is 0 Å². The monoisotopic (exact) mass is 391 g/mol. The number of carbonyl (C=O) groups excluding carboxylic acids is 3. The molecule has 2 rings (SSSR count). The zero-order valence-electron chi connectivity index (χ0n) is 15.4. The molecule has 1 aromatic rings. The van der Waals surface area contributed by atoms with Crippen LogP contribution in [0.5, 0.6) is 0 Å². The van der Waals surface area contributed by atoms with Gasteiger partial charge >= 0.3 is 5.97 Å². The van der Waals surface area contributed by atoms with Crippen molar-refractivity contribution < 1.29 is 19.1 Å². The molecule has 1 aliphatic rings. The highest BCUT2D eigenvalue weighted by molar-refractivity contribution is 7.80. The Morgan fingerprint density at radius 3 is 2.78 bits per heavy atom. The molecular formula is C19H25N3O4S. The van der Waals surface area contributed by atoms with Crippen LogP contribution in [0.1, 0.15) is 31.7 Å². The maximum absolute atomic E-state index is 12.2. The maximum atomic E-state index is 12.2. The number of thiocarbonyl (C=S) groups is 1. The molecule has 8 heteroatoms. The Balaban J connectivity index is 1.90. The summed E-state index contributed by atoms with van der Waals surface area (Å²) in [5.74, 6) is -0.972. The van der Waals surface area contributed by atoms with Gasteiger partial charge in [0.2, 0.25) is 11.8 Å². The van der Waals surface area contributed by atoms with Gasteiger partial charge in [-0.2, -0.15) is 0 Å². The van der Waals surface area contributed by atoms with Gasteiger partial charge in [-0.05, 0) is 30.6 Å². The Kier molecular flexibility index (Phi) is 8.19. The highest BCUT2D eigenvalue weighted by atomic mass is 32.1. The minimum atomic E-state index is -0.773. The van der Waals surface area contributed by atoms with Crippen molar-refractivity contribution >= 4 is 35.1 Å². The molecule has 0 aromatic heterocycles. The Hall–Kier alpha value is -2.48. The van der Waals surface area contributed by atoms with E-state index < -0.39 is 12.0 Å². The van der Waals surface area contributed by atoms with Gasteiger partial charge in [0.1, 0.15) is 6.04 Å². The molecule has 0 aliphatic carbocycles. The number of aryl methyl sites for hydroxylation is 1. The van der Waals surface area contributed by atoms with E-state index in [0.29, 0.717) is 32.5 Å². The summed E-state index contributed by atoms with van der Waals surface area (Å²) in [6.07, 6.45) is 1.49. The first-order chi connectivity index (χ1) is 13.0. The van der Waals surface area contributed by atoms with Crippen molar-refractivity contribution in [1.82, 2.24) is 15.5 Å². The number of nitrogens with zero attached hydrogens (tertiary/aromatic N) is 1. The summed E-state index contributed by atoms with van der Waals surface area (Å²) in [6.45, 7) is 3.04. The fraction of sp³-hybridized carbons (Fsp3) is 0.474. The summed E-state index contributed by atoms with van der Waals surface area (Å²) in [5, 5.41) is 5.55. The van der Waals surface area contributed by atoms with E-state index in [1.807, 2.05) is 37.3 Å². The molecule has 0 radical (unpaired) electrons. The third kappa shape index (κ3) is 6.63. The molecule has 1 aromatic carbocycles. The largest absolute Gasteiger partial charge is 0.466 e. The Morgan fingerprint density at radius 1 is 1.33 bits per heavy atom. The number of ether oxygens (including phenoxy) is 1. The molecule has 1 unspecified atom stereocenters. The van der Waals surface area contributed by atoms with E-state index in [9.17, 15) is 14.4 Å². The number of carbonyl (C=O) groups is 3. The lowest BCUT2D eigenvalue weighted by atomic mass is 10.1. The van der Waals surface area contributed by atoms with Crippen molar-refractivity contribution in [3.63, 3.8) is 0 Å². The van der Waals surface area contributed by atoms with Crippen LogP contribution in [-0.4, -0.2) is 53.5 Å². The number of esters is 1. The molecule has 1 heterocycles. The minimum absolute atomic E-state index is 0.105. The summed E-state index contributed by atoms with van der Waals surface area (Å²) in [5.41, 5.74) is 1.06. The van der Waals surface area contributed by atoms with Gasteiger partial charge in [-0.25, -0.2) is 0 Å². The number of hydrogen-bond acceptors (Lipinski definition) is 5. The molecule has 0 bridgehead atoms. The molecule has 0 saturated carbocycles. The first-order valence-electron chi connectivity index (χ1n) is 9.09.